The maximum atomic E-state index is 12.8. The maximum Gasteiger partial charge on any atom is 0.255 e. The van der Waals surface area contributed by atoms with Crippen molar-refractivity contribution in [1.29, 1.82) is 0 Å². The van der Waals surface area contributed by atoms with Crippen molar-refractivity contribution in [2.45, 2.75) is 30.8 Å². The van der Waals surface area contributed by atoms with Gasteiger partial charge >= 0.3 is 0 Å². The zero-order chi connectivity index (χ0) is 19.3. The second-order valence-corrected chi connectivity index (χ2v) is 8.47. The van der Waals surface area contributed by atoms with Crippen LogP contribution < -0.4 is 5.32 Å². The first-order valence-electron chi connectivity index (χ1n) is 9.01. The Labute approximate surface area is 160 Å². The number of anilines is 1. The van der Waals surface area contributed by atoms with Gasteiger partial charge in [0.15, 0.2) is 0 Å². The Hall–Kier alpha value is -2.22. The van der Waals surface area contributed by atoms with Gasteiger partial charge < -0.3 is 10.1 Å². The Bertz CT molecular complexity index is 906. The number of para-hydroxylation sites is 1. The van der Waals surface area contributed by atoms with E-state index in [9.17, 15) is 13.2 Å². The number of rotatable bonds is 6. The zero-order valence-electron chi connectivity index (χ0n) is 15.3. The van der Waals surface area contributed by atoms with Crippen LogP contribution in [0, 0.1) is 0 Å². The summed E-state index contributed by atoms with van der Waals surface area (Å²) in [6.45, 7) is 1.44. The van der Waals surface area contributed by atoms with E-state index in [4.69, 9.17) is 4.74 Å². The number of hydrogen-bond acceptors (Lipinski definition) is 4. The molecular weight excluding hydrogens is 364 g/mol. The van der Waals surface area contributed by atoms with Gasteiger partial charge in [0.1, 0.15) is 0 Å². The van der Waals surface area contributed by atoms with E-state index < -0.39 is 10.0 Å². The van der Waals surface area contributed by atoms with Gasteiger partial charge in [0.25, 0.3) is 5.91 Å². The molecule has 0 spiro atoms. The molecule has 3 rings (SSSR count). The molecule has 0 aromatic heterocycles. The van der Waals surface area contributed by atoms with E-state index in [1.807, 2.05) is 18.2 Å². The molecule has 7 heteroatoms. The molecule has 0 radical (unpaired) electrons. The number of amides is 1. The van der Waals surface area contributed by atoms with Crippen LogP contribution in [0.25, 0.3) is 0 Å². The molecule has 144 valence electrons. The minimum Gasteiger partial charge on any atom is -0.380 e. The van der Waals surface area contributed by atoms with Crippen molar-refractivity contribution in [3.63, 3.8) is 0 Å². The summed E-state index contributed by atoms with van der Waals surface area (Å²) in [4.78, 5) is 12.8. The molecule has 1 saturated heterocycles. The predicted molar refractivity (Wildman–Crippen MR) is 104 cm³/mol. The molecule has 1 fully saturated rings. The number of hydrogen-bond donors (Lipinski definition) is 1. The molecule has 0 unspecified atom stereocenters. The largest absolute Gasteiger partial charge is 0.380 e. The third-order valence-corrected chi connectivity index (χ3v) is 6.51. The molecule has 1 aliphatic heterocycles. The fourth-order valence-corrected chi connectivity index (χ4v) is 4.73. The molecular formula is C20H24N2O4S. The van der Waals surface area contributed by atoms with Crippen molar-refractivity contribution in [3.8, 4) is 0 Å². The Kier molecular flexibility index (Phi) is 6.26. The molecule has 2 aromatic carbocycles. The van der Waals surface area contributed by atoms with Crippen LogP contribution in [-0.4, -0.2) is 38.8 Å². The number of methoxy groups -OCH3 is 1. The smallest absolute Gasteiger partial charge is 0.255 e. The van der Waals surface area contributed by atoms with E-state index in [0.717, 1.165) is 24.8 Å². The molecule has 0 saturated carbocycles. The number of carbonyl (C=O) groups excluding carboxylic acids is 1. The average Bonchev–Trinajstić information content (AvgIpc) is 2.70. The van der Waals surface area contributed by atoms with E-state index in [1.165, 1.54) is 10.4 Å². The van der Waals surface area contributed by atoms with Gasteiger partial charge in [-0.3, -0.25) is 4.79 Å². The lowest BCUT2D eigenvalue weighted by Crippen LogP contribution is -2.35. The van der Waals surface area contributed by atoms with Crippen LogP contribution in [0.1, 0.15) is 35.2 Å². The van der Waals surface area contributed by atoms with Gasteiger partial charge in [-0.05, 0) is 37.1 Å². The summed E-state index contributed by atoms with van der Waals surface area (Å²) in [5.41, 5.74) is 1.80. The fourth-order valence-electron chi connectivity index (χ4n) is 3.17. The lowest BCUT2D eigenvalue weighted by molar-refractivity contribution is 0.102. The first-order chi connectivity index (χ1) is 13.0. The number of ether oxygens (including phenoxy) is 1. The summed E-state index contributed by atoms with van der Waals surface area (Å²) in [5, 5.41) is 2.84. The molecule has 1 N–H and O–H groups in total. The first kappa shape index (κ1) is 19.5. The monoisotopic (exact) mass is 388 g/mol. The van der Waals surface area contributed by atoms with Crippen molar-refractivity contribution < 1.29 is 17.9 Å². The summed E-state index contributed by atoms with van der Waals surface area (Å²) in [7, 11) is -1.98. The van der Waals surface area contributed by atoms with Crippen LogP contribution in [0.5, 0.6) is 0 Å². The highest BCUT2D eigenvalue weighted by Gasteiger charge is 2.26. The quantitative estimate of drug-likeness (QED) is 0.824. The lowest BCUT2D eigenvalue weighted by atomic mass is 10.1. The molecule has 1 amide bonds. The minimum absolute atomic E-state index is 0.155. The Morgan fingerprint density at radius 3 is 2.56 bits per heavy atom. The van der Waals surface area contributed by atoms with Crippen molar-refractivity contribution >= 4 is 21.6 Å². The number of piperidine rings is 1. The van der Waals surface area contributed by atoms with Gasteiger partial charge in [-0.2, -0.15) is 4.31 Å². The van der Waals surface area contributed by atoms with E-state index >= 15 is 0 Å². The Morgan fingerprint density at radius 1 is 1.07 bits per heavy atom. The van der Waals surface area contributed by atoms with Crippen LogP contribution in [0.4, 0.5) is 5.69 Å². The average molecular weight is 388 g/mol. The third kappa shape index (κ3) is 4.55. The molecule has 1 heterocycles. The number of sulfonamides is 1. The van der Waals surface area contributed by atoms with Crippen molar-refractivity contribution in [1.82, 2.24) is 4.31 Å². The summed E-state index contributed by atoms with van der Waals surface area (Å²) in [5.74, 6) is -0.353. The van der Waals surface area contributed by atoms with Gasteiger partial charge in [0.2, 0.25) is 10.0 Å². The standard InChI is InChI=1S/C20H24N2O4S/c1-26-15-17-8-3-4-11-19(17)21-20(23)16-9-7-10-18(14-16)27(24,25)22-12-5-2-6-13-22/h3-4,7-11,14H,2,5-6,12-13,15H2,1H3,(H,21,23). The highest BCUT2D eigenvalue weighted by Crippen LogP contribution is 2.22. The third-order valence-electron chi connectivity index (χ3n) is 4.61. The van der Waals surface area contributed by atoms with Crippen LogP contribution in [0.3, 0.4) is 0 Å². The van der Waals surface area contributed by atoms with Crippen LogP contribution in [-0.2, 0) is 21.4 Å². The van der Waals surface area contributed by atoms with Crippen LogP contribution in [0.15, 0.2) is 53.4 Å². The van der Waals surface area contributed by atoms with Crippen molar-refractivity contribution in [2.24, 2.45) is 0 Å². The van der Waals surface area contributed by atoms with Crippen LogP contribution in [0.2, 0.25) is 0 Å². The van der Waals surface area contributed by atoms with Crippen molar-refractivity contribution in [2.75, 3.05) is 25.5 Å². The molecule has 0 atom stereocenters. The van der Waals surface area contributed by atoms with E-state index in [2.05, 4.69) is 5.32 Å². The van der Waals surface area contributed by atoms with Crippen molar-refractivity contribution in [3.05, 3.63) is 59.7 Å². The topological polar surface area (TPSA) is 75.7 Å². The molecule has 1 aliphatic rings. The number of carbonyl (C=O) groups is 1. The predicted octanol–water partition coefficient (Wildman–Crippen LogP) is 3.26. The molecule has 0 aliphatic carbocycles. The fraction of sp³-hybridized carbons (Fsp3) is 0.350. The van der Waals surface area contributed by atoms with E-state index in [-0.39, 0.29) is 10.8 Å². The van der Waals surface area contributed by atoms with Crippen LogP contribution >= 0.6 is 0 Å². The van der Waals surface area contributed by atoms with Gasteiger partial charge in [-0.15, -0.1) is 0 Å². The highest BCUT2D eigenvalue weighted by atomic mass is 32.2. The number of nitrogens with one attached hydrogen (secondary N) is 1. The zero-order valence-corrected chi connectivity index (χ0v) is 16.2. The summed E-state index contributed by atoms with van der Waals surface area (Å²) >= 11 is 0. The van der Waals surface area contributed by atoms with Gasteiger partial charge in [-0.1, -0.05) is 30.7 Å². The molecule has 6 nitrogen and oxygen atoms in total. The molecule has 27 heavy (non-hydrogen) atoms. The number of nitrogens with zero attached hydrogens (tertiary/aromatic N) is 1. The molecule has 2 aromatic rings. The lowest BCUT2D eigenvalue weighted by Gasteiger charge is -2.26. The normalized spacial score (nSPS) is 15.4. The van der Waals surface area contributed by atoms with E-state index in [0.29, 0.717) is 30.9 Å². The Morgan fingerprint density at radius 2 is 1.81 bits per heavy atom. The highest BCUT2D eigenvalue weighted by molar-refractivity contribution is 7.89. The second kappa shape index (κ2) is 8.65. The van der Waals surface area contributed by atoms with E-state index in [1.54, 1.807) is 31.4 Å². The maximum absolute atomic E-state index is 12.8. The first-order valence-corrected chi connectivity index (χ1v) is 10.4. The molecule has 0 bridgehead atoms. The SMILES string of the molecule is COCc1ccccc1NC(=O)c1cccc(S(=O)(=O)N2CCCCC2)c1. The second-order valence-electron chi connectivity index (χ2n) is 6.54. The Balaban J connectivity index is 1.82. The minimum atomic E-state index is -3.57. The summed E-state index contributed by atoms with van der Waals surface area (Å²) in [6.07, 6.45) is 2.79. The summed E-state index contributed by atoms with van der Waals surface area (Å²) < 4.78 is 32.3. The van der Waals surface area contributed by atoms with Gasteiger partial charge in [0, 0.05) is 37.0 Å². The number of benzene rings is 2. The van der Waals surface area contributed by atoms with Gasteiger partial charge in [-0.25, -0.2) is 8.42 Å². The van der Waals surface area contributed by atoms with Gasteiger partial charge in [0.05, 0.1) is 11.5 Å². The summed E-state index contributed by atoms with van der Waals surface area (Å²) in [6, 6.07) is 13.6.